The summed E-state index contributed by atoms with van der Waals surface area (Å²) < 4.78 is 5.04. The van der Waals surface area contributed by atoms with E-state index in [0.717, 1.165) is 18.7 Å². The van der Waals surface area contributed by atoms with Crippen LogP contribution in [0.3, 0.4) is 0 Å². The highest BCUT2D eigenvalue weighted by Gasteiger charge is 2.33. The Balaban J connectivity index is 1.62. The summed E-state index contributed by atoms with van der Waals surface area (Å²) in [4.78, 5) is 18.9. The van der Waals surface area contributed by atoms with Crippen LogP contribution in [0.4, 0.5) is 9.93 Å². The summed E-state index contributed by atoms with van der Waals surface area (Å²) in [6, 6.07) is 10.3. The monoisotopic (exact) mass is 346 g/mol. The molecule has 0 aliphatic carbocycles. The van der Waals surface area contributed by atoms with Gasteiger partial charge in [-0.2, -0.15) is 0 Å². The molecule has 1 fully saturated rings. The van der Waals surface area contributed by atoms with Gasteiger partial charge in [0.1, 0.15) is 0 Å². The summed E-state index contributed by atoms with van der Waals surface area (Å²) in [6.07, 6.45) is 0.927. The van der Waals surface area contributed by atoms with Gasteiger partial charge in [0.05, 0.1) is 24.4 Å². The molecule has 1 aliphatic rings. The van der Waals surface area contributed by atoms with Crippen LogP contribution in [-0.2, 0) is 11.3 Å². The highest BCUT2D eigenvalue weighted by Crippen LogP contribution is 2.30. The molecular formula is C17H22N4O2S. The molecule has 6 nitrogen and oxygen atoms in total. The first-order valence-electron chi connectivity index (χ1n) is 7.93. The zero-order chi connectivity index (χ0) is 16.9. The third kappa shape index (κ3) is 3.92. The molecule has 2 heterocycles. The van der Waals surface area contributed by atoms with Crippen LogP contribution in [0.2, 0.25) is 0 Å². The second-order valence-corrected chi connectivity index (χ2v) is 6.76. The van der Waals surface area contributed by atoms with E-state index in [1.807, 2.05) is 23.6 Å². The number of likely N-dealkylation sites (tertiary alicyclic amines) is 1. The molecule has 1 saturated heterocycles. The maximum atomic E-state index is 12.3. The summed E-state index contributed by atoms with van der Waals surface area (Å²) in [6.45, 7) is 1.41. The molecule has 2 atom stereocenters. The van der Waals surface area contributed by atoms with E-state index in [-0.39, 0.29) is 18.1 Å². The van der Waals surface area contributed by atoms with E-state index in [2.05, 4.69) is 39.7 Å². The second kappa shape index (κ2) is 7.74. The van der Waals surface area contributed by atoms with E-state index in [9.17, 15) is 4.79 Å². The topological polar surface area (TPSA) is 66.5 Å². The standard InChI is InChI=1S/C17H22N4O2S/c1-21-9-8-14(15(21)12-6-4-3-5-7-12)19-16(22)20-17-18-13(10-23-2)11-24-17/h3-7,11,14-15H,8-10H2,1-2H3,(H2,18,19,20,22)/t14-,15+/m1/s1. The number of urea groups is 1. The molecule has 24 heavy (non-hydrogen) atoms. The Kier molecular flexibility index (Phi) is 5.44. The molecule has 0 spiro atoms. The normalized spacial score (nSPS) is 20.9. The number of hydrogen-bond acceptors (Lipinski definition) is 5. The minimum atomic E-state index is -0.213. The van der Waals surface area contributed by atoms with Crippen LogP contribution in [0, 0.1) is 0 Å². The molecule has 0 saturated carbocycles. The Morgan fingerprint density at radius 2 is 2.21 bits per heavy atom. The quantitative estimate of drug-likeness (QED) is 0.874. The number of benzene rings is 1. The molecule has 1 aromatic heterocycles. The van der Waals surface area contributed by atoms with Crippen LogP contribution in [0.15, 0.2) is 35.7 Å². The maximum absolute atomic E-state index is 12.3. The van der Waals surface area contributed by atoms with E-state index in [1.54, 1.807) is 7.11 Å². The summed E-state index contributed by atoms with van der Waals surface area (Å²) in [7, 11) is 3.72. The molecule has 2 N–H and O–H groups in total. The van der Waals surface area contributed by atoms with Crippen molar-refractivity contribution in [2.75, 3.05) is 26.0 Å². The first kappa shape index (κ1) is 16.9. The summed E-state index contributed by atoms with van der Waals surface area (Å²) >= 11 is 1.40. The maximum Gasteiger partial charge on any atom is 0.321 e. The average molecular weight is 346 g/mol. The van der Waals surface area contributed by atoms with Gasteiger partial charge in [-0.05, 0) is 19.0 Å². The Hall–Kier alpha value is -1.96. The van der Waals surface area contributed by atoms with Crippen molar-refractivity contribution in [3.05, 3.63) is 47.0 Å². The Morgan fingerprint density at radius 3 is 2.96 bits per heavy atom. The van der Waals surface area contributed by atoms with Crippen molar-refractivity contribution in [2.45, 2.75) is 25.1 Å². The molecule has 1 aromatic carbocycles. The zero-order valence-corrected chi connectivity index (χ0v) is 14.7. The number of nitrogens with one attached hydrogen (secondary N) is 2. The number of ether oxygens (including phenoxy) is 1. The second-order valence-electron chi connectivity index (χ2n) is 5.91. The van der Waals surface area contributed by atoms with E-state index in [1.165, 1.54) is 16.9 Å². The number of carbonyl (C=O) groups excluding carboxylic acids is 1. The van der Waals surface area contributed by atoms with Crippen LogP contribution >= 0.6 is 11.3 Å². The van der Waals surface area contributed by atoms with Crippen molar-refractivity contribution in [3.8, 4) is 0 Å². The Morgan fingerprint density at radius 1 is 1.42 bits per heavy atom. The van der Waals surface area contributed by atoms with Crippen LogP contribution < -0.4 is 10.6 Å². The number of methoxy groups -OCH3 is 1. The number of anilines is 1. The third-order valence-corrected chi connectivity index (χ3v) is 4.98. The molecular weight excluding hydrogens is 324 g/mol. The fourth-order valence-electron chi connectivity index (χ4n) is 3.12. The van der Waals surface area contributed by atoms with Crippen molar-refractivity contribution in [2.24, 2.45) is 0 Å². The largest absolute Gasteiger partial charge is 0.378 e. The molecule has 0 unspecified atom stereocenters. The van der Waals surface area contributed by atoms with E-state index >= 15 is 0 Å². The lowest BCUT2D eigenvalue weighted by Crippen LogP contribution is -2.41. The highest BCUT2D eigenvalue weighted by atomic mass is 32.1. The molecule has 3 rings (SSSR count). The zero-order valence-electron chi connectivity index (χ0n) is 13.9. The van der Waals surface area contributed by atoms with Crippen LogP contribution in [0.25, 0.3) is 0 Å². The average Bonchev–Trinajstić information content (AvgIpc) is 3.15. The molecule has 1 aliphatic heterocycles. The van der Waals surface area contributed by atoms with Gasteiger partial charge < -0.3 is 10.1 Å². The molecule has 0 bridgehead atoms. The van der Waals surface area contributed by atoms with Crippen molar-refractivity contribution in [1.82, 2.24) is 15.2 Å². The van der Waals surface area contributed by atoms with Crippen molar-refractivity contribution < 1.29 is 9.53 Å². The van der Waals surface area contributed by atoms with Gasteiger partial charge >= 0.3 is 6.03 Å². The number of likely N-dealkylation sites (N-methyl/N-ethyl adjacent to an activating group) is 1. The van der Waals surface area contributed by atoms with Crippen LogP contribution in [0.5, 0.6) is 0 Å². The minimum Gasteiger partial charge on any atom is -0.378 e. The van der Waals surface area contributed by atoms with E-state index < -0.39 is 0 Å². The van der Waals surface area contributed by atoms with Crippen molar-refractivity contribution in [3.63, 3.8) is 0 Å². The third-order valence-electron chi connectivity index (χ3n) is 4.17. The predicted octanol–water partition coefficient (Wildman–Crippen LogP) is 2.86. The van der Waals surface area contributed by atoms with Gasteiger partial charge in [-0.3, -0.25) is 10.2 Å². The fourth-order valence-corrected chi connectivity index (χ4v) is 3.81. The smallest absolute Gasteiger partial charge is 0.321 e. The van der Waals surface area contributed by atoms with Crippen LogP contribution in [0.1, 0.15) is 23.7 Å². The minimum absolute atomic E-state index is 0.0795. The molecule has 128 valence electrons. The number of nitrogens with zero attached hydrogens (tertiary/aromatic N) is 2. The van der Waals surface area contributed by atoms with Gasteiger partial charge in [0.25, 0.3) is 0 Å². The number of aromatic nitrogens is 1. The summed E-state index contributed by atoms with van der Waals surface area (Å²) in [5.41, 5.74) is 2.04. The number of amides is 2. The summed E-state index contributed by atoms with van der Waals surface area (Å²) in [5.74, 6) is 0. The van der Waals surface area contributed by atoms with Gasteiger partial charge in [0.15, 0.2) is 5.13 Å². The number of rotatable bonds is 5. The molecule has 0 radical (unpaired) electrons. The lowest BCUT2D eigenvalue weighted by Gasteiger charge is -2.26. The Labute approximate surface area is 145 Å². The Bertz CT molecular complexity index is 676. The fraction of sp³-hybridized carbons (Fsp3) is 0.412. The van der Waals surface area contributed by atoms with Crippen molar-refractivity contribution in [1.29, 1.82) is 0 Å². The van der Waals surface area contributed by atoms with Gasteiger partial charge in [-0.1, -0.05) is 30.3 Å². The number of thiazole rings is 1. The predicted molar refractivity (Wildman–Crippen MR) is 95.2 cm³/mol. The van der Waals surface area contributed by atoms with Gasteiger partial charge in [0.2, 0.25) is 0 Å². The molecule has 7 heteroatoms. The van der Waals surface area contributed by atoms with E-state index in [0.29, 0.717) is 11.7 Å². The SMILES string of the molecule is COCc1csc(NC(=O)N[C@@H]2CCN(C)[C@H]2c2ccccc2)n1. The lowest BCUT2D eigenvalue weighted by atomic mass is 10.0. The van der Waals surface area contributed by atoms with Crippen molar-refractivity contribution >= 4 is 22.5 Å². The number of carbonyl (C=O) groups is 1. The van der Waals surface area contributed by atoms with Gasteiger partial charge in [-0.15, -0.1) is 11.3 Å². The van der Waals surface area contributed by atoms with E-state index in [4.69, 9.17) is 4.74 Å². The lowest BCUT2D eigenvalue weighted by molar-refractivity contribution is 0.182. The first-order chi connectivity index (χ1) is 11.7. The summed E-state index contributed by atoms with van der Waals surface area (Å²) in [5, 5.41) is 8.38. The number of hydrogen-bond donors (Lipinski definition) is 2. The van der Waals surface area contributed by atoms with Gasteiger partial charge in [0, 0.05) is 19.0 Å². The van der Waals surface area contributed by atoms with Gasteiger partial charge in [-0.25, -0.2) is 9.78 Å². The highest BCUT2D eigenvalue weighted by molar-refractivity contribution is 7.13. The van der Waals surface area contributed by atoms with Crippen LogP contribution in [-0.4, -0.2) is 42.7 Å². The first-order valence-corrected chi connectivity index (χ1v) is 8.81. The molecule has 2 amide bonds. The molecule has 2 aromatic rings.